The fourth-order valence-electron chi connectivity index (χ4n) is 8.36. The molecule has 0 radical (unpaired) electrons. The Morgan fingerprint density at radius 3 is 2.40 bits per heavy atom. The number of benzene rings is 1. The molecule has 1 spiro atoms. The second-order valence-electron chi connectivity index (χ2n) is 12.8. The van der Waals surface area contributed by atoms with Gasteiger partial charge in [0.25, 0.3) is 0 Å². The van der Waals surface area contributed by atoms with Gasteiger partial charge in [-0.15, -0.1) is 13.2 Å². The van der Waals surface area contributed by atoms with Crippen molar-refractivity contribution in [1.29, 1.82) is 0 Å². The van der Waals surface area contributed by atoms with Crippen LogP contribution in [0, 0.1) is 17.8 Å². The van der Waals surface area contributed by atoms with Crippen LogP contribution in [0.15, 0.2) is 55.6 Å². The maximum atomic E-state index is 14.7. The molecule has 228 valence electrons. The number of aliphatic hydroxyl groups excluding tert-OH is 1. The molecule has 8 heteroatoms. The van der Waals surface area contributed by atoms with Gasteiger partial charge in [0.2, 0.25) is 17.7 Å². The standard InChI is InChI=1S/C34H47N3O5/c1-5-19-35(25-15-9-7-10-16-25)30(39)27-28-31(40)37(21-13-14-22-38)29(34(28)23-24(3)33(27,4)42-34)32(41)36(20-6-2)26-17-11-8-12-18-26/h5-7,9-10,15-16,24,26-29,38H,1-2,8,11-14,17-23H2,3-4H3/t24?,27-,28+,29?,33+,34?/m1/s1. The van der Waals surface area contributed by atoms with Crippen LogP contribution in [0.4, 0.5) is 5.69 Å². The Bertz CT molecular complexity index is 1180. The van der Waals surface area contributed by atoms with E-state index in [1.807, 2.05) is 42.2 Å². The molecule has 3 saturated heterocycles. The van der Waals surface area contributed by atoms with Gasteiger partial charge < -0.3 is 24.5 Å². The van der Waals surface area contributed by atoms with Crippen LogP contribution in [0.2, 0.25) is 0 Å². The molecule has 1 N–H and O–H groups in total. The first-order valence-electron chi connectivity index (χ1n) is 15.7. The molecular formula is C34H47N3O5. The molecule has 2 bridgehead atoms. The maximum absolute atomic E-state index is 14.7. The zero-order valence-corrected chi connectivity index (χ0v) is 25.2. The van der Waals surface area contributed by atoms with E-state index in [1.54, 1.807) is 22.0 Å². The lowest BCUT2D eigenvalue weighted by Gasteiger charge is -2.41. The van der Waals surface area contributed by atoms with E-state index in [-0.39, 0.29) is 36.3 Å². The predicted molar refractivity (Wildman–Crippen MR) is 163 cm³/mol. The summed E-state index contributed by atoms with van der Waals surface area (Å²) in [5.74, 6) is -2.00. The molecule has 0 aromatic heterocycles. The minimum absolute atomic E-state index is 0.0141. The van der Waals surface area contributed by atoms with Crippen molar-refractivity contribution < 1.29 is 24.2 Å². The highest BCUT2D eigenvalue weighted by molar-refractivity contribution is 6.03. The second-order valence-corrected chi connectivity index (χ2v) is 12.8. The summed E-state index contributed by atoms with van der Waals surface area (Å²) in [4.78, 5) is 49.1. The summed E-state index contributed by atoms with van der Waals surface area (Å²) in [5.41, 5.74) is -1.25. The average Bonchev–Trinajstić information content (AvgIpc) is 3.51. The van der Waals surface area contributed by atoms with E-state index in [2.05, 4.69) is 20.1 Å². The van der Waals surface area contributed by atoms with E-state index in [1.165, 1.54) is 6.42 Å². The van der Waals surface area contributed by atoms with Crippen LogP contribution < -0.4 is 4.90 Å². The van der Waals surface area contributed by atoms with Crippen LogP contribution in [0.25, 0.3) is 0 Å². The Labute approximate surface area is 250 Å². The molecular weight excluding hydrogens is 530 g/mol. The van der Waals surface area contributed by atoms with Gasteiger partial charge >= 0.3 is 0 Å². The number of para-hydroxylation sites is 1. The Morgan fingerprint density at radius 2 is 1.76 bits per heavy atom. The van der Waals surface area contributed by atoms with Crippen molar-refractivity contribution >= 4 is 23.4 Å². The van der Waals surface area contributed by atoms with E-state index in [9.17, 15) is 19.5 Å². The number of aliphatic hydroxyl groups is 1. The third-order valence-electron chi connectivity index (χ3n) is 10.4. The first-order chi connectivity index (χ1) is 20.2. The van der Waals surface area contributed by atoms with Crippen molar-refractivity contribution in [2.24, 2.45) is 17.8 Å². The van der Waals surface area contributed by atoms with E-state index in [0.717, 1.165) is 31.4 Å². The van der Waals surface area contributed by atoms with E-state index >= 15 is 0 Å². The molecule has 3 amide bonds. The quantitative estimate of drug-likeness (QED) is 0.295. The van der Waals surface area contributed by atoms with Crippen molar-refractivity contribution in [3.05, 3.63) is 55.6 Å². The molecule has 3 unspecified atom stereocenters. The smallest absolute Gasteiger partial charge is 0.248 e. The summed E-state index contributed by atoms with van der Waals surface area (Å²) < 4.78 is 6.98. The van der Waals surface area contributed by atoms with Gasteiger partial charge in [0, 0.05) is 38.0 Å². The second kappa shape index (κ2) is 12.3. The molecule has 3 aliphatic heterocycles. The number of rotatable bonds is 12. The van der Waals surface area contributed by atoms with Crippen LogP contribution in [0.3, 0.4) is 0 Å². The third kappa shape index (κ3) is 4.90. The number of carbonyl (C=O) groups excluding carboxylic acids is 3. The SMILES string of the molecule is C=CCN(C(=O)[C@H]1[C@H]2C(=O)N(CCCCO)C(C(=O)N(CC=C)C3CCCCC3)C23CC(C)[C@]1(C)O3)c1ccccc1. The van der Waals surface area contributed by atoms with Gasteiger partial charge in [-0.3, -0.25) is 14.4 Å². The number of unbranched alkanes of at least 4 members (excludes halogenated alkanes) is 1. The van der Waals surface area contributed by atoms with E-state index < -0.39 is 29.1 Å². The van der Waals surface area contributed by atoms with Crippen molar-refractivity contribution in [2.75, 3.05) is 31.1 Å². The summed E-state index contributed by atoms with van der Waals surface area (Å²) >= 11 is 0. The largest absolute Gasteiger partial charge is 0.396 e. The van der Waals surface area contributed by atoms with Crippen LogP contribution in [0.5, 0.6) is 0 Å². The van der Waals surface area contributed by atoms with Gasteiger partial charge in [-0.2, -0.15) is 0 Å². The van der Waals surface area contributed by atoms with Gasteiger partial charge in [-0.1, -0.05) is 56.5 Å². The van der Waals surface area contributed by atoms with E-state index in [0.29, 0.717) is 38.9 Å². The monoisotopic (exact) mass is 577 g/mol. The fourth-order valence-corrected chi connectivity index (χ4v) is 8.36. The molecule has 5 rings (SSSR count). The van der Waals surface area contributed by atoms with Crippen molar-refractivity contribution in [3.8, 4) is 0 Å². The summed E-state index contributed by atoms with van der Waals surface area (Å²) in [5, 5.41) is 9.51. The molecule has 6 atom stereocenters. The summed E-state index contributed by atoms with van der Waals surface area (Å²) in [6.45, 7) is 12.9. The van der Waals surface area contributed by atoms with Crippen LogP contribution in [-0.2, 0) is 19.1 Å². The highest BCUT2D eigenvalue weighted by atomic mass is 16.5. The first-order valence-corrected chi connectivity index (χ1v) is 15.7. The minimum atomic E-state index is -1.09. The number of nitrogens with zero attached hydrogens (tertiary/aromatic N) is 3. The minimum Gasteiger partial charge on any atom is -0.396 e. The number of amides is 3. The Balaban J connectivity index is 1.58. The molecule has 42 heavy (non-hydrogen) atoms. The topological polar surface area (TPSA) is 90.4 Å². The molecule has 1 saturated carbocycles. The molecule has 1 aromatic rings. The van der Waals surface area contributed by atoms with Crippen molar-refractivity contribution in [1.82, 2.24) is 9.80 Å². The highest BCUT2D eigenvalue weighted by Gasteiger charge is 2.80. The molecule has 4 aliphatic rings. The third-order valence-corrected chi connectivity index (χ3v) is 10.4. The number of ether oxygens (including phenoxy) is 1. The van der Waals surface area contributed by atoms with Crippen molar-refractivity contribution in [3.63, 3.8) is 0 Å². The number of likely N-dealkylation sites (tertiary alicyclic amines) is 1. The lowest BCUT2D eigenvalue weighted by Crippen LogP contribution is -2.58. The number of fused-ring (bicyclic) bond motifs is 1. The number of hydrogen-bond donors (Lipinski definition) is 1. The zero-order chi connectivity index (χ0) is 30.1. The number of carbonyl (C=O) groups is 3. The van der Waals surface area contributed by atoms with Gasteiger partial charge in [0.05, 0.1) is 17.4 Å². The summed E-state index contributed by atoms with van der Waals surface area (Å²) in [7, 11) is 0. The zero-order valence-electron chi connectivity index (χ0n) is 25.2. The van der Waals surface area contributed by atoms with Crippen LogP contribution in [-0.4, -0.2) is 82.2 Å². The van der Waals surface area contributed by atoms with Gasteiger partial charge in [-0.25, -0.2) is 0 Å². The summed E-state index contributed by atoms with van der Waals surface area (Å²) in [6, 6.07) is 8.73. The first kappa shape index (κ1) is 30.5. The number of anilines is 1. The maximum Gasteiger partial charge on any atom is 0.248 e. The molecule has 1 aromatic carbocycles. The van der Waals surface area contributed by atoms with Crippen LogP contribution >= 0.6 is 0 Å². The van der Waals surface area contributed by atoms with Gasteiger partial charge in [0.1, 0.15) is 11.6 Å². The molecule has 3 heterocycles. The fraction of sp³-hybridized carbons (Fsp3) is 0.618. The van der Waals surface area contributed by atoms with Crippen LogP contribution in [0.1, 0.15) is 65.2 Å². The lowest BCUT2D eigenvalue weighted by atomic mass is 9.62. The predicted octanol–water partition coefficient (Wildman–Crippen LogP) is 4.34. The average molecular weight is 578 g/mol. The molecule has 4 fully saturated rings. The summed E-state index contributed by atoms with van der Waals surface area (Å²) in [6.07, 6.45) is 10.3. The Morgan fingerprint density at radius 1 is 1.07 bits per heavy atom. The van der Waals surface area contributed by atoms with Gasteiger partial charge in [0.15, 0.2) is 0 Å². The number of hydrogen-bond acceptors (Lipinski definition) is 5. The van der Waals surface area contributed by atoms with E-state index in [4.69, 9.17) is 4.74 Å². The van der Waals surface area contributed by atoms with Crippen molar-refractivity contribution in [2.45, 2.75) is 88.5 Å². The molecule has 8 nitrogen and oxygen atoms in total. The molecule has 1 aliphatic carbocycles. The normalized spacial score (nSPS) is 32.1. The highest BCUT2D eigenvalue weighted by Crippen LogP contribution is 2.65. The Hall–Kier alpha value is -2.97. The Kier molecular flexibility index (Phi) is 8.95. The van der Waals surface area contributed by atoms with Gasteiger partial charge in [-0.05, 0) is 57.1 Å². The lowest BCUT2D eigenvalue weighted by molar-refractivity contribution is -0.154.